The van der Waals surface area contributed by atoms with Crippen LogP contribution in [0.4, 0.5) is 0 Å². The summed E-state index contributed by atoms with van der Waals surface area (Å²) in [5, 5.41) is 0. The van der Waals surface area contributed by atoms with E-state index in [0.29, 0.717) is 50.8 Å². The third-order valence-corrected chi connectivity index (χ3v) is 5.46. The number of carbonyl (C=O) groups is 1. The molecular weight excluding hydrogens is 334 g/mol. The first-order valence-electron chi connectivity index (χ1n) is 7.88. The van der Waals surface area contributed by atoms with Crippen LogP contribution in [0.2, 0.25) is 0 Å². The van der Waals surface area contributed by atoms with E-state index in [4.69, 9.17) is 9.47 Å². The van der Waals surface area contributed by atoms with Crippen LogP contribution in [0.15, 0.2) is 18.3 Å². The molecule has 132 valence electrons. The van der Waals surface area contributed by atoms with Crippen molar-refractivity contribution in [2.24, 2.45) is 0 Å². The van der Waals surface area contributed by atoms with E-state index < -0.39 is 10.0 Å². The molecule has 0 N–H and O–H groups in total. The van der Waals surface area contributed by atoms with E-state index in [1.165, 1.54) is 16.8 Å². The van der Waals surface area contributed by atoms with Gasteiger partial charge in [0.25, 0.3) is 5.91 Å². The number of pyridine rings is 1. The van der Waals surface area contributed by atoms with Gasteiger partial charge in [0.15, 0.2) is 0 Å². The molecule has 1 aromatic rings. The number of hydrogen-bond donors (Lipinski definition) is 0. The van der Waals surface area contributed by atoms with E-state index in [0.717, 1.165) is 6.42 Å². The van der Waals surface area contributed by atoms with Gasteiger partial charge in [-0.3, -0.25) is 4.79 Å². The molecule has 0 aromatic carbocycles. The van der Waals surface area contributed by atoms with Crippen LogP contribution in [-0.2, 0) is 14.8 Å². The Morgan fingerprint density at radius 2 is 2.04 bits per heavy atom. The fourth-order valence-corrected chi connectivity index (χ4v) is 3.59. The lowest BCUT2D eigenvalue weighted by Crippen LogP contribution is -2.50. The Morgan fingerprint density at radius 3 is 2.58 bits per heavy atom. The van der Waals surface area contributed by atoms with Crippen molar-refractivity contribution in [3.05, 3.63) is 23.9 Å². The average Bonchev–Trinajstić information content (AvgIpc) is 3.07. The molecule has 0 spiro atoms. The summed E-state index contributed by atoms with van der Waals surface area (Å²) in [5.41, 5.74) is 0.470. The quantitative estimate of drug-likeness (QED) is 0.753. The zero-order valence-electron chi connectivity index (χ0n) is 13.6. The van der Waals surface area contributed by atoms with Gasteiger partial charge in [0.2, 0.25) is 15.9 Å². The van der Waals surface area contributed by atoms with Crippen LogP contribution in [0.3, 0.4) is 0 Å². The fraction of sp³-hybridized carbons (Fsp3) is 0.600. The van der Waals surface area contributed by atoms with Crippen LogP contribution in [0.5, 0.6) is 5.88 Å². The van der Waals surface area contributed by atoms with Crippen molar-refractivity contribution in [2.75, 3.05) is 45.6 Å². The van der Waals surface area contributed by atoms with E-state index in [1.807, 2.05) is 0 Å². The molecule has 3 heterocycles. The summed E-state index contributed by atoms with van der Waals surface area (Å²) < 4.78 is 35.3. The Morgan fingerprint density at radius 1 is 1.29 bits per heavy atom. The molecule has 0 aliphatic carbocycles. The maximum atomic E-state index is 12.5. The molecule has 2 saturated heterocycles. The SMILES string of the molecule is CS(=O)(=O)N1CCN(C(=O)c2ccc(OC3CCOC3)nc2)CC1. The second-order valence-electron chi connectivity index (χ2n) is 5.94. The lowest BCUT2D eigenvalue weighted by molar-refractivity contribution is 0.0697. The Hall–Kier alpha value is -1.71. The molecule has 1 aromatic heterocycles. The van der Waals surface area contributed by atoms with Crippen LogP contribution in [0.1, 0.15) is 16.8 Å². The van der Waals surface area contributed by atoms with Crippen molar-refractivity contribution in [1.29, 1.82) is 0 Å². The predicted molar refractivity (Wildman–Crippen MR) is 86.4 cm³/mol. The summed E-state index contributed by atoms with van der Waals surface area (Å²) in [5.74, 6) is 0.329. The Balaban J connectivity index is 1.57. The fourth-order valence-electron chi connectivity index (χ4n) is 2.76. The summed E-state index contributed by atoms with van der Waals surface area (Å²) in [6.07, 6.45) is 3.54. The highest BCUT2D eigenvalue weighted by atomic mass is 32.2. The van der Waals surface area contributed by atoms with Gasteiger partial charge < -0.3 is 14.4 Å². The predicted octanol–water partition coefficient (Wildman–Crippen LogP) is -0.0333. The number of aromatic nitrogens is 1. The summed E-state index contributed by atoms with van der Waals surface area (Å²) in [4.78, 5) is 18.3. The molecule has 1 atom stereocenters. The number of ether oxygens (including phenoxy) is 2. The van der Waals surface area contributed by atoms with Gasteiger partial charge in [-0.1, -0.05) is 0 Å². The summed E-state index contributed by atoms with van der Waals surface area (Å²) >= 11 is 0. The van der Waals surface area contributed by atoms with Crippen LogP contribution in [0, 0.1) is 0 Å². The van der Waals surface area contributed by atoms with Crippen LogP contribution in [-0.4, -0.2) is 80.3 Å². The zero-order chi connectivity index (χ0) is 17.2. The number of amides is 1. The number of sulfonamides is 1. The molecule has 2 aliphatic rings. The minimum Gasteiger partial charge on any atom is -0.472 e. The van der Waals surface area contributed by atoms with E-state index in [-0.39, 0.29) is 12.0 Å². The van der Waals surface area contributed by atoms with Gasteiger partial charge in [0.05, 0.1) is 25.0 Å². The second kappa shape index (κ2) is 7.04. The minimum atomic E-state index is -3.20. The van der Waals surface area contributed by atoms with Crippen molar-refractivity contribution in [2.45, 2.75) is 12.5 Å². The molecule has 2 aliphatic heterocycles. The van der Waals surface area contributed by atoms with Crippen LogP contribution in [0.25, 0.3) is 0 Å². The van der Waals surface area contributed by atoms with Crippen molar-refractivity contribution < 1.29 is 22.7 Å². The third-order valence-electron chi connectivity index (χ3n) is 4.15. The van der Waals surface area contributed by atoms with Crippen LogP contribution >= 0.6 is 0 Å². The topological polar surface area (TPSA) is 89.0 Å². The molecule has 0 bridgehead atoms. The molecule has 0 radical (unpaired) electrons. The number of rotatable bonds is 4. The van der Waals surface area contributed by atoms with Gasteiger partial charge in [0, 0.05) is 44.9 Å². The monoisotopic (exact) mass is 355 g/mol. The van der Waals surface area contributed by atoms with E-state index in [2.05, 4.69) is 4.98 Å². The maximum Gasteiger partial charge on any atom is 0.255 e. The summed E-state index contributed by atoms with van der Waals surface area (Å²) in [7, 11) is -3.20. The largest absolute Gasteiger partial charge is 0.472 e. The highest BCUT2D eigenvalue weighted by Crippen LogP contribution is 2.16. The summed E-state index contributed by atoms with van der Waals surface area (Å²) in [6.45, 7) is 2.66. The lowest BCUT2D eigenvalue weighted by Gasteiger charge is -2.33. The molecule has 1 unspecified atom stereocenters. The van der Waals surface area contributed by atoms with Gasteiger partial charge in [0.1, 0.15) is 6.10 Å². The van der Waals surface area contributed by atoms with E-state index in [9.17, 15) is 13.2 Å². The van der Waals surface area contributed by atoms with Crippen molar-refractivity contribution >= 4 is 15.9 Å². The van der Waals surface area contributed by atoms with Gasteiger partial charge in [-0.15, -0.1) is 0 Å². The zero-order valence-corrected chi connectivity index (χ0v) is 14.4. The Bertz CT molecular complexity index is 678. The number of nitrogens with zero attached hydrogens (tertiary/aromatic N) is 3. The average molecular weight is 355 g/mol. The van der Waals surface area contributed by atoms with Crippen molar-refractivity contribution in [1.82, 2.24) is 14.2 Å². The van der Waals surface area contributed by atoms with Gasteiger partial charge in [-0.2, -0.15) is 4.31 Å². The number of piperazine rings is 1. The summed E-state index contributed by atoms with van der Waals surface area (Å²) in [6, 6.07) is 3.36. The molecule has 9 heteroatoms. The highest BCUT2D eigenvalue weighted by molar-refractivity contribution is 7.88. The normalized spacial score (nSPS) is 22.5. The van der Waals surface area contributed by atoms with Gasteiger partial charge in [-0.05, 0) is 6.07 Å². The smallest absolute Gasteiger partial charge is 0.255 e. The Labute approximate surface area is 141 Å². The standard InChI is InChI=1S/C15H21N3O5S/c1-24(20,21)18-7-5-17(6-8-18)15(19)12-2-3-14(16-10-12)23-13-4-9-22-11-13/h2-3,10,13H,4-9,11H2,1H3. The number of hydrogen-bond acceptors (Lipinski definition) is 6. The first-order valence-corrected chi connectivity index (χ1v) is 9.73. The number of carbonyl (C=O) groups excluding carboxylic acids is 1. The van der Waals surface area contributed by atoms with Crippen molar-refractivity contribution in [3.8, 4) is 5.88 Å². The lowest BCUT2D eigenvalue weighted by atomic mass is 10.2. The first-order chi connectivity index (χ1) is 11.4. The van der Waals surface area contributed by atoms with Crippen LogP contribution < -0.4 is 4.74 Å². The molecule has 3 rings (SSSR count). The van der Waals surface area contributed by atoms with Gasteiger partial charge >= 0.3 is 0 Å². The van der Waals surface area contributed by atoms with E-state index >= 15 is 0 Å². The van der Waals surface area contributed by atoms with E-state index in [1.54, 1.807) is 17.0 Å². The first kappa shape index (κ1) is 17.1. The highest BCUT2D eigenvalue weighted by Gasteiger charge is 2.26. The molecule has 0 saturated carbocycles. The molecule has 24 heavy (non-hydrogen) atoms. The van der Waals surface area contributed by atoms with Crippen molar-refractivity contribution in [3.63, 3.8) is 0 Å². The molecular formula is C15H21N3O5S. The maximum absolute atomic E-state index is 12.5. The third kappa shape index (κ3) is 4.03. The van der Waals surface area contributed by atoms with Gasteiger partial charge in [-0.25, -0.2) is 13.4 Å². The molecule has 8 nitrogen and oxygen atoms in total. The molecule has 1 amide bonds. The minimum absolute atomic E-state index is 0.0168. The molecule has 2 fully saturated rings. The second-order valence-corrected chi connectivity index (χ2v) is 7.93. The Kier molecular flexibility index (Phi) is 5.02.